The van der Waals surface area contributed by atoms with Crippen LogP contribution in [0.15, 0.2) is 0 Å². The summed E-state index contributed by atoms with van der Waals surface area (Å²) in [5.41, 5.74) is 4.03. The van der Waals surface area contributed by atoms with Gasteiger partial charge in [-0.1, -0.05) is 24.4 Å². The average molecular weight is 301 g/mol. The summed E-state index contributed by atoms with van der Waals surface area (Å²) in [5.74, 6) is 0. The number of thiocarbonyl (C=S) groups is 2. The Balaban J connectivity index is 0. The Morgan fingerprint density at radius 2 is 1.25 bits per heavy atom. The quantitative estimate of drug-likeness (QED) is 0.517. The highest BCUT2D eigenvalue weighted by Gasteiger charge is 2.04. The molecule has 0 saturated carbocycles. The van der Waals surface area contributed by atoms with Crippen LogP contribution in [0.2, 0.25) is 0 Å². The van der Waals surface area contributed by atoms with Crippen molar-refractivity contribution in [2.75, 3.05) is 28.2 Å². The van der Waals surface area contributed by atoms with Crippen molar-refractivity contribution in [1.82, 2.24) is 9.80 Å². The lowest BCUT2D eigenvalue weighted by Crippen LogP contribution is -2.18. The zero-order chi connectivity index (χ0) is 13.3. The number of rotatable bonds is 0. The Bertz CT molecular complexity index is 234. The third kappa shape index (κ3) is 13.8. The number of hydrogen-bond acceptors (Lipinski definition) is 5. The van der Waals surface area contributed by atoms with Crippen LogP contribution >= 0.6 is 46.0 Å². The van der Waals surface area contributed by atoms with E-state index in [0.29, 0.717) is 0 Å². The largest absolute Gasteiger partial charge is 0.465 e. The van der Waals surface area contributed by atoms with Gasteiger partial charge in [0.1, 0.15) is 8.64 Å². The lowest BCUT2D eigenvalue weighted by Gasteiger charge is -2.15. The molecule has 0 atom stereocenters. The zero-order valence-corrected chi connectivity index (χ0v) is 12.7. The van der Waals surface area contributed by atoms with Crippen LogP contribution in [0.3, 0.4) is 0 Å². The molecular weight excluding hydrogens is 286 g/mol. The first-order chi connectivity index (χ1) is 7.18. The van der Waals surface area contributed by atoms with Crippen molar-refractivity contribution < 1.29 is 9.90 Å². The maximum Gasteiger partial charge on any atom is 0.402 e. The van der Waals surface area contributed by atoms with Gasteiger partial charge in [-0.2, -0.15) is 0 Å². The van der Waals surface area contributed by atoms with Gasteiger partial charge in [-0.05, 0) is 21.6 Å². The minimum atomic E-state index is -1.33. The van der Waals surface area contributed by atoms with Crippen LogP contribution in [0, 0.1) is 0 Å². The predicted octanol–water partition coefficient (Wildman–Crippen LogP) is 1.68. The minimum absolute atomic E-state index is 0.837. The topological polar surface area (TPSA) is 69.8 Å². The fourth-order valence-electron chi connectivity index (χ4n) is 0.220. The molecule has 94 valence electrons. The van der Waals surface area contributed by atoms with E-state index in [1.807, 2.05) is 38.0 Å². The second kappa shape index (κ2) is 9.94. The fraction of sp³-hybridized carbons (Fsp3) is 0.571. The molecule has 0 fully saturated rings. The van der Waals surface area contributed by atoms with E-state index in [-0.39, 0.29) is 0 Å². The summed E-state index contributed by atoms with van der Waals surface area (Å²) in [6.45, 7) is 0. The van der Waals surface area contributed by atoms with Gasteiger partial charge in [0.15, 0.2) is 0 Å². The van der Waals surface area contributed by atoms with Gasteiger partial charge in [0.05, 0.1) is 0 Å². The molecule has 0 aromatic carbocycles. The summed E-state index contributed by atoms with van der Waals surface area (Å²) in [7, 11) is 10.7. The second-order valence-electron chi connectivity index (χ2n) is 2.83. The number of carbonyl (C=O) groups is 1. The summed E-state index contributed by atoms with van der Waals surface area (Å²) >= 11 is 10.1. The van der Waals surface area contributed by atoms with Gasteiger partial charge in [0.25, 0.3) is 0 Å². The Labute approximate surface area is 114 Å². The van der Waals surface area contributed by atoms with Gasteiger partial charge in [-0.3, -0.25) is 0 Å². The molecule has 0 unspecified atom stereocenters. The van der Waals surface area contributed by atoms with Crippen LogP contribution in [-0.2, 0) is 0 Å². The van der Waals surface area contributed by atoms with Crippen molar-refractivity contribution in [2.24, 2.45) is 5.73 Å². The maximum atomic E-state index is 8.78. The first kappa shape index (κ1) is 18.1. The molecule has 0 bridgehead atoms. The Morgan fingerprint density at radius 1 is 1.06 bits per heavy atom. The Hall–Kier alpha value is -0.250. The van der Waals surface area contributed by atoms with Crippen LogP contribution in [0.1, 0.15) is 0 Å². The molecule has 0 radical (unpaired) electrons. The molecule has 0 aliphatic carbocycles. The number of nitrogens with zero attached hydrogens (tertiary/aromatic N) is 2. The molecule has 0 aromatic heterocycles. The minimum Gasteiger partial charge on any atom is -0.465 e. The normalized spacial score (nSPS) is 8.50. The highest BCUT2D eigenvalue weighted by Crippen LogP contribution is 2.26. The molecule has 0 rings (SSSR count). The molecule has 1 amide bonds. The van der Waals surface area contributed by atoms with E-state index in [1.165, 1.54) is 21.6 Å². The summed E-state index contributed by atoms with van der Waals surface area (Å²) in [6.07, 6.45) is -1.33. The van der Waals surface area contributed by atoms with E-state index in [4.69, 9.17) is 34.3 Å². The highest BCUT2D eigenvalue weighted by molar-refractivity contribution is 8.89. The van der Waals surface area contributed by atoms with Crippen LogP contribution < -0.4 is 5.73 Å². The van der Waals surface area contributed by atoms with Crippen molar-refractivity contribution in [3.05, 3.63) is 0 Å². The van der Waals surface area contributed by atoms with Gasteiger partial charge in [-0.25, -0.2) is 4.79 Å². The molecule has 0 spiro atoms. The molecule has 0 heterocycles. The van der Waals surface area contributed by atoms with Crippen LogP contribution in [0.4, 0.5) is 4.79 Å². The predicted molar refractivity (Wildman–Crippen MR) is 80.0 cm³/mol. The smallest absolute Gasteiger partial charge is 0.402 e. The van der Waals surface area contributed by atoms with Crippen LogP contribution in [-0.4, -0.2) is 57.8 Å². The molecule has 9 heteroatoms. The standard InChI is InChI=1S/C6H12N2S4.CH3NO2/c1-7(2)5(9)11-12-6(10)8(3)4;2-1(3)4/h1-4H3;2H2,(H,3,4). The summed E-state index contributed by atoms with van der Waals surface area (Å²) < 4.78 is 1.67. The summed E-state index contributed by atoms with van der Waals surface area (Å²) in [5, 5.41) is 7.19. The first-order valence-electron chi connectivity index (χ1n) is 3.94. The van der Waals surface area contributed by atoms with Crippen molar-refractivity contribution in [3.8, 4) is 0 Å². The SMILES string of the molecule is CN(C)C(=S)SSC(=S)N(C)C.NC(=O)O. The summed E-state index contributed by atoms with van der Waals surface area (Å²) in [4.78, 5) is 12.6. The molecule has 0 aromatic rings. The van der Waals surface area contributed by atoms with Gasteiger partial charge < -0.3 is 20.6 Å². The lowest BCUT2D eigenvalue weighted by molar-refractivity contribution is 0.205. The van der Waals surface area contributed by atoms with E-state index in [2.05, 4.69) is 5.73 Å². The Kier molecular flexibility index (Phi) is 11.3. The monoisotopic (exact) mass is 301 g/mol. The Morgan fingerprint density at radius 3 is 1.38 bits per heavy atom. The molecular formula is C7H15N3O2S4. The number of nitrogens with two attached hydrogens (primary N) is 1. The van der Waals surface area contributed by atoms with E-state index in [9.17, 15) is 0 Å². The van der Waals surface area contributed by atoms with E-state index in [0.717, 1.165) is 8.64 Å². The first-order valence-corrected chi connectivity index (χ1v) is 6.90. The second-order valence-corrected chi connectivity index (χ2v) is 6.22. The highest BCUT2D eigenvalue weighted by atomic mass is 33.1. The third-order valence-corrected chi connectivity index (χ3v) is 5.07. The van der Waals surface area contributed by atoms with Gasteiger partial charge in [0.2, 0.25) is 0 Å². The fourth-order valence-corrected chi connectivity index (χ4v) is 2.60. The van der Waals surface area contributed by atoms with E-state index < -0.39 is 6.09 Å². The molecule has 3 N–H and O–H groups in total. The van der Waals surface area contributed by atoms with E-state index >= 15 is 0 Å². The van der Waals surface area contributed by atoms with Gasteiger partial charge >= 0.3 is 6.09 Å². The average Bonchev–Trinajstić information content (AvgIpc) is 2.12. The molecule has 0 aliphatic heterocycles. The number of hydrogen-bond donors (Lipinski definition) is 2. The molecule has 0 saturated heterocycles. The maximum absolute atomic E-state index is 8.78. The van der Waals surface area contributed by atoms with Gasteiger partial charge in [-0.15, -0.1) is 0 Å². The van der Waals surface area contributed by atoms with Crippen molar-refractivity contribution in [3.63, 3.8) is 0 Å². The van der Waals surface area contributed by atoms with Gasteiger partial charge in [0, 0.05) is 28.2 Å². The number of amides is 1. The molecule has 16 heavy (non-hydrogen) atoms. The lowest BCUT2D eigenvalue weighted by atomic mass is 11.0. The van der Waals surface area contributed by atoms with Crippen molar-refractivity contribution in [1.29, 1.82) is 0 Å². The van der Waals surface area contributed by atoms with Crippen molar-refractivity contribution in [2.45, 2.75) is 0 Å². The van der Waals surface area contributed by atoms with E-state index in [1.54, 1.807) is 0 Å². The summed E-state index contributed by atoms with van der Waals surface area (Å²) in [6, 6.07) is 0. The number of carboxylic acid groups (broad SMARTS) is 1. The number of primary amides is 1. The third-order valence-electron chi connectivity index (χ3n) is 0.915. The van der Waals surface area contributed by atoms with Crippen LogP contribution in [0.25, 0.3) is 0 Å². The van der Waals surface area contributed by atoms with Crippen LogP contribution in [0.5, 0.6) is 0 Å². The molecule has 0 aliphatic rings. The molecule has 5 nitrogen and oxygen atoms in total. The van der Waals surface area contributed by atoms with Crippen molar-refractivity contribution >= 4 is 60.8 Å². The zero-order valence-electron chi connectivity index (χ0n) is 9.46.